The molecule has 1 aliphatic rings. The number of aryl methyl sites for hydroxylation is 1. The van der Waals surface area contributed by atoms with Crippen molar-refractivity contribution in [2.45, 2.75) is 43.7 Å². The molecule has 1 aliphatic heterocycles. The summed E-state index contributed by atoms with van der Waals surface area (Å²) in [7, 11) is -3.40. The minimum Gasteiger partial charge on any atom is -0.489 e. The number of amides is 1. The third kappa shape index (κ3) is 6.46. The number of hydrogen-bond donors (Lipinski definition) is 1. The van der Waals surface area contributed by atoms with Gasteiger partial charge in [0.2, 0.25) is 15.9 Å². The monoisotopic (exact) mass is 478 g/mol. The fourth-order valence-electron chi connectivity index (χ4n) is 3.97. The van der Waals surface area contributed by atoms with Crippen molar-refractivity contribution in [1.82, 2.24) is 9.62 Å². The molecule has 0 saturated carbocycles. The van der Waals surface area contributed by atoms with Gasteiger partial charge in [-0.1, -0.05) is 54.6 Å². The Bertz CT molecular complexity index is 1190. The highest BCUT2D eigenvalue weighted by atomic mass is 32.2. The summed E-state index contributed by atoms with van der Waals surface area (Å²) < 4.78 is 32.6. The first-order valence-corrected chi connectivity index (χ1v) is 13.1. The molecular weight excluding hydrogens is 448 g/mol. The minimum absolute atomic E-state index is 0.0419. The molecule has 4 rings (SSSR count). The average Bonchev–Trinajstić information content (AvgIpc) is 3.42. The summed E-state index contributed by atoms with van der Waals surface area (Å²) in [6, 6.07) is 24.5. The van der Waals surface area contributed by atoms with Gasteiger partial charge in [0.05, 0.1) is 4.90 Å². The Kier molecular flexibility index (Phi) is 7.98. The van der Waals surface area contributed by atoms with Gasteiger partial charge >= 0.3 is 0 Å². The smallest absolute Gasteiger partial charge is 0.243 e. The SMILES string of the molecule is O=C(CCc1ccc(S(=O)(=O)N2CCCC2)cc1)NCc1cccc(COc2ccccc2)c1. The zero-order chi connectivity index (χ0) is 23.8. The quantitative estimate of drug-likeness (QED) is 0.471. The number of benzene rings is 3. The van der Waals surface area contributed by atoms with Crippen LogP contribution < -0.4 is 10.1 Å². The van der Waals surface area contributed by atoms with Crippen molar-refractivity contribution in [2.75, 3.05) is 13.1 Å². The molecule has 3 aromatic rings. The molecule has 0 spiro atoms. The Hall–Kier alpha value is -3.16. The van der Waals surface area contributed by atoms with Crippen molar-refractivity contribution >= 4 is 15.9 Å². The molecule has 0 aromatic heterocycles. The van der Waals surface area contributed by atoms with Crippen LogP contribution >= 0.6 is 0 Å². The Balaban J connectivity index is 1.23. The second-order valence-corrected chi connectivity index (χ2v) is 10.4. The predicted octanol–water partition coefficient (Wildman–Crippen LogP) is 4.30. The lowest BCUT2D eigenvalue weighted by Gasteiger charge is -2.15. The van der Waals surface area contributed by atoms with Gasteiger partial charge in [-0.25, -0.2) is 8.42 Å². The van der Waals surface area contributed by atoms with Crippen molar-refractivity contribution in [2.24, 2.45) is 0 Å². The molecule has 1 fully saturated rings. The van der Waals surface area contributed by atoms with Crippen LogP contribution in [0.1, 0.15) is 36.0 Å². The summed E-state index contributed by atoms with van der Waals surface area (Å²) in [5, 5.41) is 2.96. The second-order valence-electron chi connectivity index (χ2n) is 8.45. The summed E-state index contributed by atoms with van der Waals surface area (Å²) >= 11 is 0. The molecule has 3 aromatic carbocycles. The lowest BCUT2D eigenvalue weighted by Crippen LogP contribution is -2.27. The van der Waals surface area contributed by atoms with E-state index in [2.05, 4.69) is 5.32 Å². The Morgan fingerprint density at radius 1 is 0.853 bits per heavy atom. The van der Waals surface area contributed by atoms with Crippen molar-refractivity contribution in [3.8, 4) is 5.75 Å². The molecular formula is C27H30N2O4S. The largest absolute Gasteiger partial charge is 0.489 e. The summed E-state index contributed by atoms with van der Waals surface area (Å²) in [5.74, 6) is 0.780. The normalized spacial score (nSPS) is 14.1. The third-order valence-corrected chi connectivity index (χ3v) is 7.81. The van der Waals surface area contributed by atoms with E-state index in [9.17, 15) is 13.2 Å². The van der Waals surface area contributed by atoms with Crippen molar-refractivity contribution in [1.29, 1.82) is 0 Å². The van der Waals surface area contributed by atoms with Gasteiger partial charge in [0.15, 0.2) is 0 Å². The van der Waals surface area contributed by atoms with Crippen molar-refractivity contribution < 1.29 is 17.9 Å². The van der Waals surface area contributed by atoms with Crippen molar-refractivity contribution in [3.05, 3.63) is 95.6 Å². The molecule has 6 nitrogen and oxygen atoms in total. The standard InChI is InChI=1S/C27H30N2O4S/c30-27(16-13-22-11-14-26(15-12-22)34(31,32)29-17-4-5-18-29)28-20-23-7-6-8-24(19-23)21-33-25-9-2-1-3-10-25/h1-3,6-12,14-15,19H,4-5,13,16-18,20-21H2,(H,28,30). The van der Waals surface area contributed by atoms with E-state index >= 15 is 0 Å². The Labute approximate surface area is 201 Å². The van der Waals surface area contributed by atoms with Crippen LogP contribution in [0, 0.1) is 0 Å². The lowest BCUT2D eigenvalue weighted by atomic mass is 10.1. The van der Waals surface area contributed by atoms with E-state index in [0.29, 0.717) is 44.0 Å². The fourth-order valence-corrected chi connectivity index (χ4v) is 5.48. The summed E-state index contributed by atoms with van der Waals surface area (Å²) in [5.41, 5.74) is 2.99. The molecule has 34 heavy (non-hydrogen) atoms. The van der Waals surface area contributed by atoms with Gasteiger partial charge in [-0.05, 0) is 60.2 Å². The van der Waals surface area contributed by atoms with Crippen LogP contribution in [0.4, 0.5) is 0 Å². The van der Waals surface area contributed by atoms with Crippen LogP contribution in [-0.2, 0) is 34.4 Å². The van der Waals surface area contributed by atoms with E-state index in [1.165, 1.54) is 4.31 Å². The third-order valence-electron chi connectivity index (χ3n) is 5.90. The average molecular weight is 479 g/mol. The van der Waals surface area contributed by atoms with Crippen LogP contribution in [0.25, 0.3) is 0 Å². The van der Waals surface area contributed by atoms with Gasteiger partial charge in [-0.2, -0.15) is 4.31 Å². The first kappa shape index (κ1) is 24.0. The van der Waals surface area contributed by atoms with Gasteiger partial charge in [-0.3, -0.25) is 4.79 Å². The Morgan fingerprint density at radius 3 is 2.29 bits per heavy atom. The van der Waals surface area contributed by atoms with Crippen LogP contribution in [-0.4, -0.2) is 31.7 Å². The maximum atomic E-state index is 12.6. The van der Waals surface area contributed by atoms with E-state index in [1.54, 1.807) is 24.3 Å². The van der Waals surface area contributed by atoms with Gasteiger partial charge in [0, 0.05) is 26.1 Å². The number of nitrogens with one attached hydrogen (secondary N) is 1. The molecule has 0 radical (unpaired) electrons. The van der Waals surface area contributed by atoms with E-state index < -0.39 is 10.0 Å². The highest BCUT2D eigenvalue weighted by Gasteiger charge is 2.26. The summed E-state index contributed by atoms with van der Waals surface area (Å²) in [4.78, 5) is 12.7. The summed E-state index contributed by atoms with van der Waals surface area (Å²) in [6.07, 6.45) is 2.73. The number of carbonyl (C=O) groups is 1. The van der Waals surface area contributed by atoms with Crippen LogP contribution in [0.3, 0.4) is 0 Å². The van der Waals surface area contributed by atoms with E-state index in [-0.39, 0.29) is 5.91 Å². The van der Waals surface area contributed by atoms with Crippen LogP contribution in [0.2, 0.25) is 0 Å². The molecule has 0 atom stereocenters. The van der Waals surface area contributed by atoms with Crippen LogP contribution in [0.5, 0.6) is 5.75 Å². The first-order chi connectivity index (χ1) is 16.5. The first-order valence-electron chi connectivity index (χ1n) is 11.6. The number of ether oxygens (including phenoxy) is 1. The molecule has 1 amide bonds. The molecule has 1 N–H and O–H groups in total. The number of nitrogens with zero attached hydrogens (tertiary/aromatic N) is 1. The van der Waals surface area contributed by atoms with E-state index in [0.717, 1.165) is 35.3 Å². The molecule has 7 heteroatoms. The molecule has 178 valence electrons. The fraction of sp³-hybridized carbons (Fsp3) is 0.296. The predicted molar refractivity (Wildman–Crippen MR) is 132 cm³/mol. The molecule has 0 aliphatic carbocycles. The zero-order valence-corrected chi connectivity index (χ0v) is 20.0. The maximum absolute atomic E-state index is 12.6. The molecule has 0 unspecified atom stereocenters. The number of hydrogen-bond acceptors (Lipinski definition) is 4. The highest BCUT2D eigenvalue weighted by Crippen LogP contribution is 2.21. The Morgan fingerprint density at radius 2 is 1.56 bits per heavy atom. The van der Waals surface area contributed by atoms with Gasteiger partial charge < -0.3 is 10.1 Å². The highest BCUT2D eigenvalue weighted by molar-refractivity contribution is 7.89. The second kappa shape index (κ2) is 11.3. The maximum Gasteiger partial charge on any atom is 0.243 e. The van der Waals surface area contributed by atoms with Crippen LogP contribution in [0.15, 0.2) is 83.8 Å². The van der Waals surface area contributed by atoms with E-state index in [4.69, 9.17) is 4.74 Å². The minimum atomic E-state index is -3.40. The molecule has 0 bridgehead atoms. The number of rotatable bonds is 10. The van der Waals surface area contributed by atoms with Gasteiger partial charge in [-0.15, -0.1) is 0 Å². The van der Waals surface area contributed by atoms with Crippen molar-refractivity contribution in [3.63, 3.8) is 0 Å². The summed E-state index contributed by atoms with van der Waals surface area (Å²) in [6.45, 7) is 2.10. The molecule has 1 heterocycles. The van der Waals surface area contributed by atoms with Gasteiger partial charge in [0.1, 0.15) is 12.4 Å². The van der Waals surface area contributed by atoms with E-state index in [1.807, 2.05) is 54.6 Å². The molecule has 1 saturated heterocycles. The number of carbonyl (C=O) groups excluding carboxylic acids is 1. The number of sulfonamides is 1. The topological polar surface area (TPSA) is 75.7 Å². The lowest BCUT2D eigenvalue weighted by molar-refractivity contribution is -0.121. The van der Waals surface area contributed by atoms with Gasteiger partial charge in [0.25, 0.3) is 0 Å². The zero-order valence-electron chi connectivity index (χ0n) is 19.2. The number of para-hydroxylation sites is 1.